The highest BCUT2D eigenvalue weighted by molar-refractivity contribution is 5.18. The van der Waals surface area contributed by atoms with E-state index in [1.54, 1.807) is 0 Å². The minimum Gasteiger partial charge on any atom is -0.335 e. The standard InChI is InChI=1S/C8HF17O/c9-2(10,4(13,14)7(21,22)23)1(5(15,16)17,8(24,25)26)3(11,12)6(18,19)20/h26H. The van der Waals surface area contributed by atoms with Gasteiger partial charge in [0.2, 0.25) is 0 Å². The Morgan fingerprint density at radius 3 is 0.769 bits per heavy atom. The second kappa shape index (κ2) is 5.63. The zero-order valence-corrected chi connectivity index (χ0v) is 10.9. The van der Waals surface area contributed by atoms with Crippen molar-refractivity contribution >= 4 is 0 Å². The fourth-order valence-corrected chi connectivity index (χ4v) is 1.73. The first-order chi connectivity index (χ1) is 10.8. The summed E-state index contributed by atoms with van der Waals surface area (Å²) in [5.41, 5.74) is -8.95. The second-order valence-electron chi connectivity index (χ2n) is 4.51. The molecule has 0 spiro atoms. The number of hydrogen-bond acceptors (Lipinski definition) is 1. The molecule has 26 heavy (non-hydrogen) atoms. The van der Waals surface area contributed by atoms with E-state index in [1.165, 1.54) is 0 Å². The lowest BCUT2D eigenvalue weighted by atomic mass is 9.70. The van der Waals surface area contributed by atoms with Gasteiger partial charge in [-0.25, -0.2) is 0 Å². The monoisotopic (exact) mass is 436 g/mol. The third kappa shape index (κ3) is 2.83. The van der Waals surface area contributed by atoms with Crippen LogP contribution in [0.2, 0.25) is 0 Å². The summed E-state index contributed by atoms with van der Waals surface area (Å²) in [5, 5.41) is 7.71. The molecule has 1 N–H and O–H groups in total. The summed E-state index contributed by atoms with van der Waals surface area (Å²) in [4.78, 5) is 0. The van der Waals surface area contributed by atoms with E-state index in [0.29, 0.717) is 0 Å². The van der Waals surface area contributed by atoms with Gasteiger partial charge in [-0.05, 0) is 0 Å². The van der Waals surface area contributed by atoms with E-state index in [0.717, 1.165) is 0 Å². The Balaban J connectivity index is 7.57. The van der Waals surface area contributed by atoms with Gasteiger partial charge in [0.25, 0.3) is 5.41 Å². The normalized spacial score (nSPS) is 18.7. The molecule has 0 radical (unpaired) electrons. The van der Waals surface area contributed by atoms with Crippen molar-refractivity contribution in [2.24, 2.45) is 5.41 Å². The summed E-state index contributed by atoms with van der Waals surface area (Å²) in [6.45, 7) is 0. The molecule has 0 saturated heterocycles. The van der Waals surface area contributed by atoms with Crippen molar-refractivity contribution in [1.29, 1.82) is 0 Å². The first kappa shape index (κ1) is 24.8. The number of aliphatic hydroxyl groups is 1. The van der Waals surface area contributed by atoms with E-state index in [9.17, 15) is 74.6 Å². The van der Waals surface area contributed by atoms with Crippen LogP contribution in [0.25, 0.3) is 0 Å². The lowest BCUT2D eigenvalue weighted by Gasteiger charge is -2.49. The van der Waals surface area contributed by atoms with Crippen LogP contribution in [0.5, 0.6) is 0 Å². The van der Waals surface area contributed by atoms with E-state index >= 15 is 0 Å². The number of rotatable bonds is 4. The molecule has 158 valence electrons. The van der Waals surface area contributed by atoms with Crippen molar-refractivity contribution in [3.63, 3.8) is 0 Å². The Morgan fingerprint density at radius 2 is 0.615 bits per heavy atom. The summed E-state index contributed by atoms with van der Waals surface area (Å²) >= 11 is 0. The van der Waals surface area contributed by atoms with Crippen LogP contribution < -0.4 is 0 Å². The molecule has 0 aliphatic carbocycles. The molecule has 1 nitrogen and oxygen atoms in total. The Kier molecular flexibility index (Phi) is 5.37. The molecule has 0 heterocycles. The highest BCUT2D eigenvalue weighted by atomic mass is 19.4. The Hall–Kier alpha value is -1.23. The van der Waals surface area contributed by atoms with Crippen molar-refractivity contribution in [2.75, 3.05) is 0 Å². The molecule has 0 aromatic carbocycles. The van der Waals surface area contributed by atoms with Crippen LogP contribution in [-0.2, 0) is 0 Å². The van der Waals surface area contributed by atoms with Crippen LogP contribution in [0, 0.1) is 5.41 Å². The fraction of sp³-hybridized carbons (Fsp3) is 1.00. The van der Waals surface area contributed by atoms with Crippen LogP contribution in [0.15, 0.2) is 0 Å². The Labute approximate surface area is 129 Å². The van der Waals surface area contributed by atoms with Crippen molar-refractivity contribution in [1.82, 2.24) is 0 Å². The van der Waals surface area contributed by atoms with Crippen molar-refractivity contribution in [2.45, 2.75) is 42.4 Å². The van der Waals surface area contributed by atoms with E-state index < -0.39 is 47.8 Å². The van der Waals surface area contributed by atoms with E-state index in [1.807, 2.05) is 0 Å². The lowest BCUT2D eigenvalue weighted by Crippen LogP contribution is -2.79. The van der Waals surface area contributed by atoms with Crippen molar-refractivity contribution < 1.29 is 79.7 Å². The van der Waals surface area contributed by atoms with Gasteiger partial charge in [-0.2, -0.15) is 74.6 Å². The third-order valence-corrected chi connectivity index (χ3v) is 2.92. The van der Waals surface area contributed by atoms with Gasteiger partial charge in [-0.1, -0.05) is 0 Å². The first-order valence-electron chi connectivity index (χ1n) is 5.19. The average molecular weight is 436 g/mol. The number of alkyl halides is 17. The van der Waals surface area contributed by atoms with Crippen LogP contribution in [0.4, 0.5) is 74.6 Å². The highest BCUT2D eigenvalue weighted by Gasteiger charge is 3.01. The lowest BCUT2D eigenvalue weighted by molar-refractivity contribution is -0.531. The van der Waals surface area contributed by atoms with E-state index in [4.69, 9.17) is 5.11 Å². The Bertz CT molecular complexity index is 499. The van der Waals surface area contributed by atoms with Crippen LogP contribution in [0.1, 0.15) is 0 Å². The second-order valence-corrected chi connectivity index (χ2v) is 4.51. The van der Waals surface area contributed by atoms with Gasteiger partial charge in [0.15, 0.2) is 0 Å². The molecular weight excluding hydrogens is 435 g/mol. The van der Waals surface area contributed by atoms with Gasteiger partial charge in [0.05, 0.1) is 0 Å². The molecule has 1 atom stereocenters. The summed E-state index contributed by atoms with van der Waals surface area (Å²) in [5.74, 6) is -26.2. The predicted molar refractivity (Wildman–Crippen MR) is 42.6 cm³/mol. The quantitative estimate of drug-likeness (QED) is 0.605. The smallest absolute Gasteiger partial charge is 0.335 e. The fourth-order valence-electron chi connectivity index (χ4n) is 1.73. The molecule has 18 heteroatoms. The van der Waals surface area contributed by atoms with Gasteiger partial charge in [0, 0.05) is 0 Å². The largest absolute Gasteiger partial charge is 0.459 e. The van der Waals surface area contributed by atoms with Crippen molar-refractivity contribution in [3.8, 4) is 0 Å². The molecule has 0 fully saturated rings. The molecule has 0 amide bonds. The molecule has 0 aliphatic rings. The summed E-state index contributed by atoms with van der Waals surface area (Å²) in [7, 11) is 0. The van der Waals surface area contributed by atoms with Gasteiger partial charge in [-0.15, -0.1) is 0 Å². The maximum absolute atomic E-state index is 13.2. The van der Waals surface area contributed by atoms with Crippen LogP contribution in [-0.4, -0.2) is 47.5 Å². The minimum atomic E-state index is -8.95. The van der Waals surface area contributed by atoms with Gasteiger partial charge < -0.3 is 5.11 Å². The summed E-state index contributed by atoms with van der Waals surface area (Å²) in [6.07, 6.45) is -32.9. The highest BCUT2D eigenvalue weighted by Crippen LogP contribution is 2.71. The zero-order chi connectivity index (χ0) is 22.0. The summed E-state index contributed by atoms with van der Waals surface area (Å²) in [6, 6.07) is 0. The van der Waals surface area contributed by atoms with Gasteiger partial charge in [-0.3, -0.25) is 0 Å². The maximum atomic E-state index is 13.2. The predicted octanol–water partition coefficient (Wildman–Crippen LogP) is 5.15. The molecule has 0 saturated carbocycles. The van der Waals surface area contributed by atoms with Crippen LogP contribution in [0.3, 0.4) is 0 Å². The number of halogens is 17. The Morgan fingerprint density at radius 1 is 0.346 bits per heavy atom. The minimum absolute atomic E-state index is 7.71. The first-order valence-corrected chi connectivity index (χ1v) is 5.19. The van der Waals surface area contributed by atoms with E-state index in [-0.39, 0.29) is 0 Å². The molecule has 0 aromatic rings. The van der Waals surface area contributed by atoms with Crippen molar-refractivity contribution in [3.05, 3.63) is 0 Å². The molecule has 0 aromatic heterocycles. The third-order valence-electron chi connectivity index (χ3n) is 2.92. The van der Waals surface area contributed by atoms with Crippen LogP contribution >= 0.6 is 0 Å². The average Bonchev–Trinajstić information content (AvgIpc) is 2.19. The molecule has 0 rings (SSSR count). The molecule has 0 aliphatic heterocycles. The molecule has 0 bridgehead atoms. The SMILES string of the molecule is OC(F)(F)C(C(F)(F)F)(C(F)(F)C(F)(F)F)C(F)(F)C(F)(F)C(F)(F)F. The topological polar surface area (TPSA) is 20.2 Å². The summed E-state index contributed by atoms with van der Waals surface area (Å²) < 4.78 is 212. The van der Waals surface area contributed by atoms with Gasteiger partial charge in [0.1, 0.15) is 0 Å². The molecule has 1 unspecified atom stereocenters. The van der Waals surface area contributed by atoms with Gasteiger partial charge >= 0.3 is 42.4 Å². The van der Waals surface area contributed by atoms with E-state index in [2.05, 4.69) is 0 Å². The number of hydrogen-bond donors (Lipinski definition) is 1. The maximum Gasteiger partial charge on any atom is 0.459 e. The molecular formula is C8HF17O. The zero-order valence-electron chi connectivity index (χ0n) is 10.9.